The molecule has 0 saturated carbocycles. The standard InChI is InChI=1S/C15H22N2O/c1-11-3-4-15-13(7-11)8-14(18-15)10-17-6-5-16-9-12(17)2/h3-4,7,12,14,16H,5-6,8-10H2,1-2H3/t12-,14?/m1/s1. The number of fused-ring (bicyclic) bond motifs is 1. The van der Waals surface area contributed by atoms with Crippen molar-refractivity contribution in [1.82, 2.24) is 10.2 Å². The van der Waals surface area contributed by atoms with Crippen LogP contribution in [0, 0.1) is 6.92 Å². The number of hydrogen-bond acceptors (Lipinski definition) is 3. The van der Waals surface area contributed by atoms with Gasteiger partial charge in [-0.1, -0.05) is 17.7 Å². The van der Waals surface area contributed by atoms with Crippen molar-refractivity contribution in [3.8, 4) is 5.75 Å². The largest absolute Gasteiger partial charge is 0.488 e. The van der Waals surface area contributed by atoms with E-state index in [0.29, 0.717) is 12.1 Å². The number of nitrogens with zero attached hydrogens (tertiary/aromatic N) is 1. The average molecular weight is 246 g/mol. The number of ether oxygens (including phenoxy) is 1. The van der Waals surface area contributed by atoms with Crippen molar-refractivity contribution < 1.29 is 4.74 Å². The van der Waals surface area contributed by atoms with Gasteiger partial charge in [0, 0.05) is 38.6 Å². The Hall–Kier alpha value is -1.06. The normalized spacial score (nSPS) is 27.9. The van der Waals surface area contributed by atoms with Gasteiger partial charge in [0.05, 0.1) is 0 Å². The quantitative estimate of drug-likeness (QED) is 0.857. The van der Waals surface area contributed by atoms with E-state index in [9.17, 15) is 0 Å². The molecule has 0 bridgehead atoms. The van der Waals surface area contributed by atoms with Crippen LogP contribution >= 0.6 is 0 Å². The molecule has 0 spiro atoms. The van der Waals surface area contributed by atoms with E-state index in [0.717, 1.165) is 38.3 Å². The van der Waals surface area contributed by atoms with Gasteiger partial charge in [0.15, 0.2) is 0 Å². The molecule has 2 aliphatic heterocycles. The summed E-state index contributed by atoms with van der Waals surface area (Å²) in [6, 6.07) is 7.13. The minimum atomic E-state index is 0.336. The first-order valence-corrected chi connectivity index (χ1v) is 6.93. The Morgan fingerprint density at radius 1 is 1.44 bits per heavy atom. The molecule has 3 heteroatoms. The number of nitrogens with one attached hydrogen (secondary N) is 1. The first-order chi connectivity index (χ1) is 8.72. The topological polar surface area (TPSA) is 24.5 Å². The molecule has 0 radical (unpaired) electrons. The predicted octanol–water partition coefficient (Wildman–Crippen LogP) is 1.59. The highest BCUT2D eigenvalue weighted by molar-refractivity contribution is 5.40. The highest BCUT2D eigenvalue weighted by Crippen LogP contribution is 2.30. The van der Waals surface area contributed by atoms with Crippen LogP contribution in [0.2, 0.25) is 0 Å². The summed E-state index contributed by atoms with van der Waals surface area (Å²) in [4.78, 5) is 2.54. The SMILES string of the molecule is Cc1ccc2c(c1)CC(CN1CCNC[C@H]1C)O2. The molecule has 3 rings (SSSR count). The second kappa shape index (κ2) is 4.90. The zero-order chi connectivity index (χ0) is 12.5. The van der Waals surface area contributed by atoms with Crippen LogP contribution < -0.4 is 10.1 Å². The van der Waals surface area contributed by atoms with E-state index in [1.165, 1.54) is 11.1 Å². The third-order valence-corrected chi connectivity index (χ3v) is 4.03. The zero-order valence-corrected chi connectivity index (χ0v) is 11.3. The maximum atomic E-state index is 6.05. The summed E-state index contributed by atoms with van der Waals surface area (Å²) in [5.41, 5.74) is 2.70. The monoisotopic (exact) mass is 246 g/mol. The van der Waals surface area contributed by atoms with Crippen LogP contribution in [0.1, 0.15) is 18.1 Å². The molecule has 98 valence electrons. The fourth-order valence-corrected chi connectivity index (χ4v) is 2.97. The van der Waals surface area contributed by atoms with E-state index < -0.39 is 0 Å². The van der Waals surface area contributed by atoms with Gasteiger partial charge in [0.1, 0.15) is 11.9 Å². The molecule has 0 aromatic heterocycles. The minimum Gasteiger partial charge on any atom is -0.488 e. The number of piperazine rings is 1. The van der Waals surface area contributed by atoms with Crippen LogP contribution in [0.15, 0.2) is 18.2 Å². The van der Waals surface area contributed by atoms with E-state index in [2.05, 4.69) is 42.3 Å². The molecule has 3 nitrogen and oxygen atoms in total. The van der Waals surface area contributed by atoms with E-state index in [4.69, 9.17) is 4.74 Å². The molecule has 0 aliphatic carbocycles. The summed E-state index contributed by atoms with van der Waals surface area (Å²) in [7, 11) is 0. The van der Waals surface area contributed by atoms with E-state index in [1.807, 2.05) is 0 Å². The third kappa shape index (κ3) is 2.38. The van der Waals surface area contributed by atoms with Gasteiger partial charge in [-0.3, -0.25) is 4.90 Å². The van der Waals surface area contributed by atoms with Crippen LogP contribution in [-0.4, -0.2) is 43.2 Å². The summed E-state index contributed by atoms with van der Waals surface area (Å²) in [5.74, 6) is 1.09. The fraction of sp³-hybridized carbons (Fsp3) is 0.600. The highest BCUT2D eigenvalue weighted by Gasteiger charge is 2.27. The molecule has 2 heterocycles. The summed E-state index contributed by atoms with van der Waals surface area (Å²) in [5, 5.41) is 3.43. The first kappa shape index (κ1) is 12.0. The van der Waals surface area contributed by atoms with Gasteiger partial charge >= 0.3 is 0 Å². The lowest BCUT2D eigenvalue weighted by molar-refractivity contribution is 0.106. The molecule has 2 aliphatic rings. The van der Waals surface area contributed by atoms with Crippen molar-refractivity contribution >= 4 is 0 Å². The number of hydrogen-bond donors (Lipinski definition) is 1. The van der Waals surface area contributed by atoms with Crippen LogP contribution in [0.5, 0.6) is 5.75 Å². The van der Waals surface area contributed by atoms with Crippen LogP contribution in [0.3, 0.4) is 0 Å². The maximum Gasteiger partial charge on any atom is 0.123 e. The molecule has 1 saturated heterocycles. The molecule has 1 aromatic carbocycles. The molecule has 1 N–H and O–H groups in total. The van der Waals surface area contributed by atoms with Gasteiger partial charge in [-0.2, -0.15) is 0 Å². The van der Waals surface area contributed by atoms with Gasteiger partial charge in [0.2, 0.25) is 0 Å². The third-order valence-electron chi connectivity index (χ3n) is 4.03. The Balaban J connectivity index is 1.63. The molecular formula is C15H22N2O. The lowest BCUT2D eigenvalue weighted by Crippen LogP contribution is -2.52. The van der Waals surface area contributed by atoms with E-state index in [1.54, 1.807) is 0 Å². The number of benzene rings is 1. The second-order valence-corrected chi connectivity index (χ2v) is 5.60. The Kier molecular flexibility index (Phi) is 3.27. The Morgan fingerprint density at radius 3 is 3.17 bits per heavy atom. The van der Waals surface area contributed by atoms with E-state index in [-0.39, 0.29) is 0 Å². The summed E-state index contributed by atoms with van der Waals surface area (Å²) >= 11 is 0. The van der Waals surface area contributed by atoms with Crippen molar-refractivity contribution in [2.24, 2.45) is 0 Å². The lowest BCUT2D eigenvalue weighted by Gasteiger charge is -2.35. The van der Waals surface area contributed by atoms with Gasteiger partial charge in [-0.05, 0) is 25.5 Å². The summed E-state index contributed by atoms with van der Waals surface area (Å²) in [6.07, 6.45) is 1.40. The summed E-state index contributed by atoms with van der Waals surface area (Å²) in [6.45, 7) is 8.82. The van der Waals surface area contributed by atoms with Crippen molar-refractivity contribution in [3.63, 3.8) is 0 Å². The van der Waals surface area contributed by atoms with Crippen molar-refractivity contribution in [2.75, 3.05) is 26.2 Å². The van der Waals surface area contributed by atoms with Crippen molar-refractivity contribution in [2.45, 2.75) is 32.4 Å². The highest BCUT2D eigenvalue weighted by atomic mass is 16.5. The van der Waals surface area contributed by atoms with Gasteiger partial charge < -0.3 is 10.1 Å². The van der Waals surface area contributed by atoms with Gasteiger partial charge in [-0.25, -0.2) is 0 Å². The molecule has 18 heavy (non-hydrogen) atoms. The lowest BCUT2D eigenvalue weighted by atomic mass is 10.1. The molecule has 2 atom stereocenters. The van der Waals surface area contributed by atoms with E-state index >= 15 is 0 Å². The van der Waals surface area contributed by atoms with Gasteiger partial charge in [-0.15, -0.1) is 0 Å². The van der Waals surface area contributed by atoms with Crippen LogP contribution in [0.25, 0.3) is 0 Å². The van der Waals surface area contributed by atoms with Crippen molar-refractivity contribution in [3.05, 3.63) is 29.3 Å². The number of aryl methyl sites for hydroxylation is 1. The Bertz CT molecular complexity index is 433. The molecular weight excluding hydrogens is 224 g/mol. The fourth-order valence-electron chi connectivity index (χ4n) is 2.97. The number of rotatable bonds is 2. The second-order valence-electron chi connectivity index (χ2n) is 5.60. The molecule has 1 fully saturated rings. The smallest absolute Gasteiger partial charge is 0.123 e. The Morgan fingerprint density at radius 2 is 2.33 bits per heavy atom. The summed E-state index contributed by atoms with van der Waals surface area (Å²) < 4.78 is 6.05. The molecule has 1 unspecified atom stereocenters. The van der Waals surface area contributed by atoms with Crippen LogP contribution in [0.4, 0.5) is 0 Å². The van der Waals surface area contributed by atoms with Gasteiger partial charge in [0.25, 0.3) is 0 Å². The molecule has 1 aromatic rings. The minimum absolute atomic E-state index is 0.336. The van der Waals surface area contributed by atoms with Crippen molar-refractivity contribution in [1.29, 1.82) is 0 Å². The predicted molar refractivity (Wildman–Crippen MR) is 73.2 cm³/mol. The first-order valence-electron chi connectivity index (χ1n) is 6.93. The maximum absolute atomic E-state index is 6.05. The Labute approximate surface area is 109 Å². The zero-order valence-electron chi connectivity index (χ0n) is 11.3. The van der Waals surface area contributed by atoms with Crippen LogP contribution in [-0.2, 0) is 6.42 Å². The average Bonchev–Trinajstić information content (AvgIpc) is 2.73. The molecule has 0 amide bonds.